The Bertz CT molecular complexity index is 1000. The van der Waals surface area contributed by atoms with Crippen molar-refractivity contribution in [3.8, 4) is 11.5 Å². The molecule has 0 radical (unpaired) electrons. The van der Waals surface area contributed by atoms with E-state index in [4.69, 9.17) is 9.47 Å². The second-order valence-electron chi connectivity index (χ2n) is 8.53. The minimum atomic E-state index is -0.830. The molecule has 2 aromatic rings. The third-order valence-electron chi connectivity index (χ3n) is 6.38. The minimum absolute atomic E-state index is 0.0358. The van der Waals surface area contributed by atoms with Gasteiger partial charge in [-0.1, -0.05) is 12.7 Å². The molecule has 0 bridgehead atoms. The van der Waals surface area contributed by atoms with E-state index < -0.39 is 5.60 Å². The van der Waals surface area contributed by atoms with Crippen LogP contribution in [0.2, 0.25) is 0 Å². The number of carbonyl (C=O) groups excluding carboxylic acids is 1. The Balaban J connectivity index is 1.64. The summed E-state index contributed by atoms with van der Waals surface area (Å²) < 4.78 is 11.3. The summed E-state index contributed by atoms with van der Waals surface area (Å²) in [6, 6.07) is 8.21. The predicted molar refractivity (Wildman–Crippen MR) is 122 cm³/mol. The summed E-state index contributed by atoms with van der Waals surface area (Å²) in [6.45, 7) is 15.5. The van der Waals surface area contributed by atoms with Gasteiger partial charge in [-0.3, -0.25) is 4.79 Å². The topological polar surface area (TPSA) is 42.0 Å². The van der Waals surface area contributed by atoms with Crippen LogP contribution in [0.15, 0.2) is 30.8 Å². The highest BCUT2D eigenvalue weighted by molar-refractivity contribution is 6.11. The average molecular weight is 407 g/mol. The first kappa shape index (κ1) is 20.3. The molecule has 5 heteroatoms. The van der Waals surface area contributed by atoms with E-state index in [9.17, 15) is 4.79 Å². The fraction of sp³-hybridized carbons (Fsp3) is 0.400. The zero-order valence-electron chi connectivity index (χ0n) is 18.5. The van der Waals surface area contributed by atoms with Gasteiger partial charge in [-0.25, -0.2) is 0 Å². The molecule has 0 N–H and O–H groups in total. The lowest BCUT2D eigenvalue weighted by molar-refractivity contribution is 0.0683. The van der Waals surface area contributed by atoms with Crippen molar-refractivity contribution in [3.63, 3.8) is 0 Å². The fourth-order valence-corrected chi connectivity index (χ4v) is 4.52. The van der Waals surface area contributed by atoms with Gasteiger partial charge in [-0.05, 0) is 63.1 Å². The number of ether oxygens (including phenoxy) is 2. The molecular weight excluding hydrogens is 376 g/mol. The Kier molecular flexibility index (Phi) is 5.00. The number of hydrogen-bond acceptors (Lipinski definition) is 5. The smallest absolute Gasteiger partial charge is 0.210 e. The van der Waals surface area contributed by atoms with E-state index in [1.54, 1.807) is 7.11 Å². The highest BCUT2D eigenvalue weighted by Crippen LogP contribution is 2.46. The molecule has 2 aliphatic rings. The van der Waals surface area contributed by atoms with Crippen LogP contribution >= 0.6 is 0 Å². The van der Waals surface area contributed by atoms with Gasteiger partial charge >= 0.3 is 0 Å². The number of rotatable bonds is 4. The zero-order chi connectivity index (χ0) is 21.6. The molecule has 0 saturated carbocycles. The first-order chi connectivity index (χ1) is 14.3. The lowest BCUT2D eigenvalue weighted by Gasteiger charge is -2.39. The van der Waals surface area contributed by atoms with Gasteiger partial charge in [0.15, 0.2) is 5.60 Å². The van der Waals surface area contributed by atoms with Gasteiger partial charge in [0.1, 0.15) is 11.5 Å². The number of anilines is 2. The van der Waals surface area contributed by atoms with E-state index in [-0.39, 0.29) is 5.78 Å². The molecule has 0 aromatic heterocycles. The molecule has 0 aliphatic carbocycles. The van der Waals surface area contributed by atoms with E-state index in [0.29, 0.717) is 5.56 Å². The number of fused-ring (bicyclic) bond motifs is 1. The molecule has 1 fully saturated rings. The van der Waals surface area contributed by atoms with Crippen molar-refractivity contribution >= 4 is 23.2 Å². The summed E-state index contributed by atoms with van der Waals surface area (Å²) in [4.78, 5) is 17.8. The summed E-state index contributed by atoms with van der Waals surface area (Å²) in [5.74, 6) is 1.62. The van der Waals surface area contributed by atoms with E-state index >= 15 is 0 Å². The van der Waals surface area contributed by atoms with Crippen LogP contribution in [-0.2, 0) is 0 Å². The van der Waals surface area contributed by atoms with Crippen molar-refractivity contribution in [2.45, 2.75) is 33.3 Å². The minimum Gasteiger partial charge on any atom is -0.497 e. The molecule has 158 valence electrons. The highest BCUT2D eigenvalue weighted by atomic mass is 16.5. The van der Waals surface area contributed by atoms with Crippen LogP contribution in [0, 0.1) is 13.8 Å². The van der Waals surface area contributed by atoms with E-state index in [1.165, 1.54) is 5.69 Å². The number of carbonyl (C=O) groups is 1. The van der Waals surface area contributed by atoms with E-state index in [0.717, 1.165) is 60.1 Å². The Hall–Kier alpha value is -2.95. The van der Waals surface area contributed by atoms with Gasteiger partial charge in [0.05, 0.1) is 12.7 Å². The predicted octanol–water partition coefficient (Wildman–Crippen LogP) is 4.64. The van der Waals surface area contributed by atoms with Crippen molar-refractivity contribution in [1.29, 1.82) is 0 Å². The number of methoxy groups -OCH3 is 1. The SMILES string of the molecule is C=Cc1c2c(c(C)c(C)c1N1CCN(c3ccc(OC)cc3)CC1)OC(C)(C)C2=O. The van der Waals surface area contributed by atoms with Gasteiger partial charge in [-0.15, -0.1) is 0 Å². The van der Waals surface area contributed by atoms with Crippen LogP contribution in [0.25, 0.3) is 6.08 Å². The number of piperazine rings is 1. The van der Waals surface area contributed by atoms with Crippen LogP contribution in [0.3, 0.4) is 0 Å². The molecule has 30 heavy (non-hydrogen) atoms. The van der Waals surface area contributed by atoms with Crippen molar-refractivity contribution < 1.29 is 14.3 Å². The monoisotopic (exact) mass is 406 g/mol. The normalized spacial score (nSPS) is 17.6. The van der Waals surface area contributed by atoms with Gasteiger partial charge in [0.2, 0.25) is 5.78 Å². The van der Waals surface area contributed by atoms with Crippen LogP contribution in [-0.4, -0.2) is 44.7 Å². The quantitative estimate of drug-likeness (QED) is 0.740. The second-order valence-corrected chi connectivity index (χ2v) is 8.53. The molecule has 0 atom stereocenters. The number of nitrogens with zero attached hydrogens (tertiary/aromatic N) is 2. The van der Waals surface area contributed by atoms with Gasteiger partial charge in [-0.2, -0.15) is 0 Å². The maximum absolute atomic E-state index is 13.1. The van der Waals surface area contributed by atoms with Crippen LogP contribution in [0.4, 0.5) is 11.4 Å². The van der Waals surface area contributed by atoms with Crippen LogP contribution in [0.5, 0.6) is 11.5 Å². The summed E-state index contributed by atoms with van der Waals surface area (Å²) in [7, 11) is 1.68. The zero-order valence-corrected chi connectivity index (χ0v) is 18.5. The lowest BCUT2D eigenvalue weighted by Crippen LogP contribution is -2.47. The molecule has 1 saturated heterocycles. The summed E-state index contributed by atoms with van der Waals surface area (Å²) >= 11 is 0. The summed E-state index contributed by atoms with van der Waals surface area (Å²) in [5, 5.41) is 0. The first-order valence-electron chi connectivity index (χ1n) is 10.5. The third kappa shape index (κ3) is 3.13. The van der Waals surface area contributed by atoms with E-state index in [2.05, 4.69) is 35.4 Å². The molecule has 0 unspecified atom stereocenters. The Morgan fingerprint density at radius 1 is 1.03 bits per heavy atom. The molecule has 0 spiro atoms. The number of hydrogen-bond donors (Lipinski definition) is 0. The Morgan fingerprint density at radius 3 is 2.20 bits per heavy atom. The molecule has 2 heterocycles. The molecule has 5 nitrogen and oxygen atoms in total. The molecule has 2 aromatic carbocycles. The number of ketones is 1. The molecule has 4 rings (SSSR count). The number of benzene rings is 2. The van der Waals surface area contributed by atoms with Gasteiger partial charge in [0, 0.05) is 43.1 Å². The molecular formula is C25H30N2O3. The summed E-state index contributed by atoms with van der Waals surface area (Å²) in [6.07, 6.45) is 1.82. The van der Waals surface area contributed by atoms with Gasteiger partial charge in [0.25, 0.3) is 0 Å². The maximum Gasteiger partial charge on any atom is 0.210 e. The fourth-order valence-electron chi connectivity index (χ4n) is 4.52. The van der Waals surface area contributed by atoms with Gasteiger partial charge < -0.3 is 19.3 Å². The third-order valence-corrected chi connectivity index (χ3v) is 6.38. The summed E-state index contributed by atoms with van der Waals surface area (Å²) in [5.41, 5.74) is 5.28. The largest absolute Gasteiger partial charge is 0.497 e. The van der Waals surface area contributed by atoms with Crippen LogP contribution in [0.1, 0.15) is 40.9 Å². The van der Waals surface area contributed by atoms with Crippen molar-refractivity contribution in [3.05, 3.63) is 53.1 Å². The Labute approximate surface area is 178 Å². The second kappa shape index (κ2) is 7.38. The van der Waals surface area contributed by atoms with Crippen molar-refractivity contribution in [2.24, 2.45) is 0 Å². The van der Waals surface area contributed by atoms with E-state index in [1.807, 2.05) is 39.0 Å². The Morgan fingerprint density at radius 2 is 1.63 bits per heavy atom. The average Bonchev–Trinajstić information content (AvgIpc) is 3.00. The maximum atomic E-state index is 13.1. The van der Waals surface area contributed by atoms with Crippen LogP contribution < -0.4 is 19.3 Å². The van der Waals surface area contributed by atoms with Crippen molar-refractivity contribution in [1.82, 2.24) is 0 Å². The number of Topliss-reactive ketones (excluding diaryl/α,β-unsaturated/α-hetero) is 1. The van der Waals surface area contributed by atoms with Crippen molar-refractivity contribution in [2.75, 3.05) is 43.1 Å². The lowest BCUT2D eigenvalue weighted by atomic mass is 9.90. The highest BCUT2D eigenvalue weighted by Gasteiger charge is 2.43. The first-order valence-corrected chi connectivity index (χ1v) is 10.5. The standard InChI is InChI=1S/C25H30N2O3/c1-7-20-21-23(30-25(4,5)24(21)28)17(3)16(2)22(20)27-14-12-26(13-15-27)18-8-10-19(29-6)11-9-18/h7-11H,1,12-15H2,2-6H3. The molecule has 0 amide bonds. The molecule has 2 aliphatic heterocycles.